The summed E-state index contributed by atoms with van der Waals surface area (Å²) in [5.41, 5.74) is -0.422. The number of hydrogen-bond donors (Lipinski definition) is 1. The third-order valence-electron chi connectivity index (χ3n) is 5.33. The molecule has 1 saturated heterocycles. The number of benzene rings is 1. The summed E-state index contributed by atoms with van der Waals surface area (Å²) in [6.07, 6.45) is 1.36. The predicted octanol–water partition coefficient (Wildman–Crippen LogP) is 3.80. The fraction of sp³-hybridized carbons (Fsp3) is 0.632. The Kier molecular flexibility index (Phi) is 6.70. The largest absolute Gasteiger partial charge is 0.416 e. The maximum absolute atomic E-state index is 12.9. The van der Waals surface area contributed by atoms with Gasteiger partial charge in [0.25, 0.3) is 5.91 Å². The topological polar surface area (TPSA) is 41.6 Å². The highest BCUT2D eigenvalue weighted by atomic mass is 32.2. The van der Waals surface area contributed by atoms with Crippen molar-refractivity contribution in [2.75, 3.05) is 32.6 Å². The number of nitrogens with zero attached hydrogens (tertiary/aromatic N) is 1. The normalized spacial score (nSPS) is 24.6. The quantitative estimate of drug-likeness (QED) is 0.778. The van der Waals surface area contributed by atoms with Gasteiger partial charge in [0.1, 0.15) is 0 Å². The van der Waals surface area contributed by atoms with E-state index < -0.39 is 11.7 Å². The minimum atomic E-state index is -4.41. The molecule has 3 rings (SSSR count). The van der Waals surface area contributed by atoms with Gasteiger partial charge < -0.3 is 10.1 Å². The third-order valence-corrected chi connectivity index (χ3v) is 6.11. The molecule has 0 bridgehead atoms. The van der Waals surface area contributed by atoms with Crippen LogP contribution in [0.5, 0.6) is 0 Å². The molecule has 0 spiro atoms. The Morgan fingerprint density at radius 3 is 2.59 bits per heavy atom. The molecule has 8 heteroatoms. The summed E-state index contributed by atoms with van der Waals surface area (Å²) < 4.78 is 44.2. The number of alkyl halides is 3. The van der Waals surface area contributed by atoms with Crippen LogP contribution in [0.4, 0.5) is 13.2 Å². The van der Waals surface area contributed by atoms with Crippen LogP contribution < -0.4 is 5.32 Å². The molecule has 1 N–H and O–H groups in total. The van der Waals surface area contributed by atoms with Crippen molar-refractivity contribution < 1.29 is 22.7 Å². The zero-order valence-corrected chi connectivity index (χ0v) is 16.2. The molecule has 1 saturated carbocycles. The van der Waals surface area contributed by atoms with E-state index in [1.54, 1.807) is 6.26 Å². The highest BCUT2D eigenvalue weighted by Gasteiger charge is 2.34. The van der Waals surface area contributed by atoms with E-state index in [9.17, 15) is 18.0 Å². The van der Waals surface area contributed by atoms with Gasteiger partial charge in [0.15, 0.2) is 0 Å². The lowest BCUT2D eigenvalue weighted by Gasteiger charge is -2.41. The van der Waals surface area contributed by atoms with Crippen LogP contribution in [0, 0.1) is 0 Å². The molecular formula is C19H25F3N2O2S. The molecule has 4 nitrogen and oxygen atoms in total. The van der Waals surface area contributed by atoms with Gasteiger partial charge in [0.2, 0.25) is 0 Å². The Morgan fingerprint density at radius 2 is 1.93 bits per heavy atom. The first-order valence-electron chi connectivity index (χ1n) is 9.28. The maximum Gasteiger partial charge on any atom is 0.416 e. The zero-order chi connectivity index (χ0) is 19.4. The number of thioether (sulfide) groups is 1. The molecule has 1 aromatic carbocycles. The molecule has 1 heterocycles. The van der Waals surface area contributed by atoms with Gasteiger partial charge in [-0.2, -0.15) is 13.2 Å². The zero-order valence-electron chi connectivity index (χ0n) is 15.3. The summed E-state index contributed by atoms with van der Waals surface area (Å²) in [6.45, 7) is 3.11. The SMILES string of the molecule is CSc1cc(C(F)(F)F)ccc1C(=O)N[C@@H]1CCCC[C@@H]1N1CCOCC1. The molecule has 1 aliphatic heterocycles. The first-order valence-corrected chi connectivity index (χ1v) is 10.5. The number of amides is 1. The van der Waals surface area contributed by atoms with Crippen LogP contribution >= 0.6 is 11.8 Å². The van der Waals surface area contributed by atoms with Gasteiger partial charge >= 0.3 is 6.18 Å². The van der Waals surface area contributed by atoms with Crippen LogP contribution in [-0.2, 0) is 10.9 Å². The van der Waals surface area contributed by atoms with E-state index >= 15 is 0 Å². The van der Waals surface area contributed by atoms with Crippen LogP contribution in [0.15, 0.2) is 23.1 Å². The van der Waals surface area contributed by atoms with Crippen LogP contribution in [0.3, 0.4) is 0 Å². The number of halogens is 3. The first-order chi connectivity index (χ1) is 12.9. The van der Waals surface area contributed by atoms with Crippen molar-refractivity contribution in [1.29, 1.82) is 0 Å². The van der Waals surface area contributed by atoms with Crippen molar-refractivity contribution in [3.05, 3.63) is 29.3 Å². The third kappa shape index (κ3) is 4.97. The molecule has 150 valence electrons. The van der Waals surface area contributed by atoms with E-state index in [1.165, 1.54) is 6.07 Å². The van der Waals surface area contributed by atoms with Gasteiger partial charge in [-0.15, -0.1) is 11.8 Å². The lowest BCUT2D eigenvalue weighted by atomic mass is 9.88. The Labute approximate surface area is 161 Å². The molecule has 2 fully saturated rings. The van der Waals surface area contributed by atoms with E-state index in [0.717, 1.165) is 62.7 Å². The lowest BCUT2D eigenvalue weighted by molar-refractivity contribution is -0.137. The second-order valence-corrected chi connectivity index (χ2v) is 7.84. The second kappa shape index (κ2) is 8.84. The molecule has 27 heavy (non-hydrogen) atoms. The summed E-state index contributed by atoms with van der Waals surface area (Å²) in [7, 11) is 0. The van der Waals surface area contributed by atoms with Crippen LogP contribution in [0.25, 0.3) is 0 Å². The van der Waals surface area contributed by atoms with Crippen molar-refractivity contribution >= 4 is 17.7 Å². The molecule has 2 atom stereocenters. The Morgan fingerprint density at radius 1 is 1.22 bits per heavy atom. The second-order valence-electron chi connectivity index (χ2n) is 6.99. The molecule has 0 radical (unpaired) electrons. The fourth-order valence-electron chi connectivity index (χ4n) is 3.93. The number of hydrogen-bond acceptors (Lipinski definition) is 4. The highest BCUT2D eigenvalue weighted by molar-refractivity contribution is 7.98. The minimum Gasteiger partial charge on any atom is -0.379 e. The number of nitrogens with one attached hydrogen (secondary N) is 1. The molecule has 0 aromatic heterocycles. The molecule has 2 aliphatic rings. The van der Waals surface area contributed by atoms with Gasteiger partial charge in [-0.05, 0) is 37.3 Å². The molecule has 1 aromatic rings. The smallest absolute Gasteiger partial charge is 0.379 e. The molecule has 0 unspecified atom stereocenters. The number of carbonyl (C=O) groups excluding carboxylic acids is 1. The number of carbonyl (C=O) groups is 1. The predicted molar refractivity (Wildman–Crippen MR) is 99.1 cm³/mol. The first kappa shape index (κ1) is 20.5. The van der Waals surface area contributed by atoms with Crippen LogP contribution in [-0.4, -0.2) is 55.4 Å². The van der Waals surface area contributed by atoms with E-state index in [2.05, 4.69) is 10.2 Å². The summed E-state index contributed by atoms with van der Waals surface area (Å²) in [6, 6.07) is 3.60. The average molecular weight is 402 g/mol. The molecule has 1 aliphatic carbocycles. The van der Waals surface area contributed by atoms with Gasteiger partial charge in [-0.25, -0.2) is 0 Å². The van der Waals surface area contributed by atoms with Gasteiger partial charge in [0.05, 0.1) is 24.3 Å². The van der Waals surface area contributed by atoms with E-state index in [4.69, 9.17) is 4.74 Å². The molecule has 1 amide bonds. The van der Waals surface area contributed by atoms with Gasteiger partial charge in [-0.1, -0.05) is 12.8 Å². The maximum atomic E-state index is 12.9. The summed E-state index contributed by atoms with van der Waals surface area (Å²) in [4.78, 5) is 15.6. The van der Waals surface area contributed by atoms with Crippen LogP contribution in [0.1, 0.15) is 41.6 Å². The summed E-state index contributed by atoms with van der Waals surface area (Å²) in [5.74, 6) is -0.293. The number of ether oxygens (including phenoxy) is 1. The highest BCUT2D eigenvalue weighted by Crippen LogP contribution is 2.33. The van der Waals surface area contributed by atoms with E-state index in [-0.39, 0.29) is 18.0 Å². The van der Waals surface area contributed by atoms with Gasteiger partial charge in [-0.3, -0.25) is 9.69 Å². The Bertz CT molecular complexity index is 663. The minimum absolute atomic E-state index is 0.0151. The average Bonchev–Trinajstić information content (AvgIpc) is 2.68. The molecular weight excluding hydrogens is 377 g/mol. The van der Waals surface area contributed by atoms with E-state index in [1.807, 2.05) is 0 Å². The monoisotopic (exact) mass is 402 g/mol. The van der Waals surface area contributed by atoms with E-state index in [0.29, 0.717) is 23.7 Å². The van der Waals surface area contributed by atoms with Crippen molar-refractivity contribution in [2.24, 2.45) is 0 Å². The van der Waals surface area contributed by atoms with Crippen LogP contribution in [0.2, 0.25) is 0 Å². The fourth-order valence-corrected chi connectivity index (χ4v) is 4.55. The lowest BCUT2D eigenvalue weighted by Crippen LogP contribution is -2.56. The number of rotatable bonds is 4. The van der Waals surface area contributed by atoms with Crippen molar-refractivity contribution in [1.82, 2.24) is 10.2 Å². The van der Waals surface area contributed by atoms with Gasteiger partial charge in [0, 0.05) is 30.1 Å². The van der Waals surface area contributed by atoms with Crippen molar-refractivity contribution in [2.45, 2.75) is 48.8 Å². The van der Waals surface area contributed by atoms with Crippen molar-refractivity contribution in [3.63, 3.8) is 0 Å². The van der Waals surface area contributed by atoms with Crippen molar-refractivity contribution in [3.8, 4) is 0 Å². The standard InChI is InChI=1S/C19H25F3N2O2S/c1-27-17-12-13(19(20,21)22)6-7-14(17)18(25)23-15-4-2-3-5-16(15)24-8-10-26-11-9-24/h6-7,12,15-16H,2-5,8-11H2,1H3,(H,23,25)/t15-,16+/m1/s1. The Balaban J connectivity index is 1.75. The summed E-state index contributed by atoms with van der Waals surface area (Å²) >= 11 is 1.16. The Hall–Kier alpha value is -1.25. The summed E-state index contributed by atoms with van der Waals surface area (Å²) in [5, 5.41) is 3.10. The number of morpholine rings is 1.